The Labute approximate surface area is 112 Å². The maximum Gasteiger partial charge on any atom is 0.341 e. The van der Waals surface area contributed by atoms with Crippen molar-refractivity contribution >= 4 is 11.9 Å². The van der Waals surface area contributed by atoms with Crippen molar-refractivity contribution in [3.05, 3.63) is 23.7 Å². The van der Waals surface area contributed by atoms with Crippen molar-refractivity contribution in [1.29, 1.82) is 0 Å². The standard InChI is InChI=1S/C13H19NO5/c1-4-17-12(15)9-14(3)8-11-10(6-7-19-11)13(16)18-5-2/h6-7H,4-5,8-9H2,1-3H3. The second-order valence-electron chi connectivity index (χ2n) is 3.96. The Hall–Kier alpha value is -1.82. The van der Waals surface area contributed by atoms with Crippen LogP contribution < -0.4 is 0 Å². The number of carbonyl (C=O) groups excluding carboxylic acids is 2. The maximum atomic E-state index is 11.6. The van der Waals surface area contributed by atoms with Crippen LogP contribution in [0.25, 0.3) is 0 Å². The van der Waals surface area contributed by atoms with Gasteiger partial charge in [-0.3, -0.25) is 9.69 Å². The molecule has 6 nitrogen and oxygen atoms in total. The topological polar surface area (TPSA) is 69.0 Å². The van der Waals surface area contributed by atoms with Crippen molar-refractivity contribution in [1.82, 2.24) is 4.90 Å². The number of esters is 2. The molecule has 0 bridgehead atoms. The van der Waals surface area contributed by atoms with Gasteiger partial charge < -0.3 is 13.9 Å². The summed E-state index contributed by atoms with van der Waals surface area (Å²) in [6.07, 6.45) is 1.43. The third-order valence-corrected chi connectivity index (χ3v) is 2.36. The minimum Gasteiger partial charge on any atom is -0.467 e. The van der Waals surface area contributed by atoms with E-state index in [-0.39, 0.29) is 12.5 Å². The fourth-order valence-corrected chi connectivity index (χ4v) is 1.58. The molecule has 0 aliphatic rings. The van der Waals surface area contributed by atoms with Gasteiger partial charge in [0.1, 0.15) is 11.3 Å². The average molecular weight is 269 g/mol. The number of rotatable bonds is 7. The fraction of sp³-hybridized carbons (Fsp3) is 0.538. The summed E-state index contributed by atoms with van der Waals surface area (Å²) in [5, 5.41) is 0. The Kier molecular flexibility index (Phi) is 6.08. The Morgan fingerprint density at radius 2 is 1.95 bits per heavy atom. The molecule has 6 heteroatoms. The number of furan rings is 1. The predicted octanol–water partition coefficient (Wildman–Crippen LogP) is 1.45. The van der Waals surface area contributed by atoms with E-state index in [1.54, 1.807) is 31.9 Å². The highest BCUT2D eigenvalue weighted by Crippen LogP contribution is 2.14. The van der Waals surface area contributed by atoms with Gasteiger partial charge >= 0.3 is 11.9 Å². The first-order chi connectivity index (χ1) is 9.08. The summed E-state index contributed by atoms with van der Waals surface area (Å²) in [6, 6.07) is 1.56. The summed E-state index contributed by atoms with van der Waals surface area (Å²) in [5.74, 6) is -0.254. The van der Waals surface area contributed by atoms with Gasteiger partial charge in [-0.2, -0.15) is 0 Å². The predicted molar refractivity (Wildman–Crippen MR) is 67.6 cm³/mol. The van der Waals surface area contributed by atoms with Gasteiger partial charge in [-0.25, -0.2) is 4.79 Å². The van der Waals surface area contributed by atoms with E-state index in [1.165, 1.54) is 6.26 Å². The summed E-state index contributed by atoms with van der Waals surface area (Å²) >= 11 is 0. The SMILES string of the molecule is CCOC(=O)CN(C)Cc1occc1C(=O)OCC. The molecule has 0 saturated carbocycles. The lowest BCUT2D eigenvalue weighted by Crippen LogP contribution is -2.27. The van der Waals surface area contributed by atoms with E-state index in [9.17, 15) is 9.59 Å². The smallest absolute Gasteiger partial charge is 0.341 e. The van der Waals surface area contributed by atoms with Crippen LogP contribution in [0.1, 0.15) is 30.0 Å². The average Bonchev–Trinajstić information content (AvgIpc) is 2.77. The summed E-state index contributed by atoms with van der Waals surface area (Å²) < 4.78 is 15.0. The van der Waals surface area contributed by atoms with E-state index < -0.39 is 5.97 Å². The van der Waals surface area contributed by atoms with Crippen molar-refractivity contribution in [2.45, 2.75) is 20.4 Å². The molecule has 0 aromatic carbocycles. The van der Waals surface area contributed by atoms with Gasteiger partial charge in [-0.1, -0.05) is 0 Å². The molecule has 1 heterocycles. The van der Waals surface area contributed by atoms with Crippen molar-refractivity contribution in [2.24, 2.45) is 0 Å². The van der Waals surface area contributed by atoms with Crippen LogP contribution in [-0.2, 0) is 20.8 Å². The molecule has 106 valence electrons. The lowest BCUT2D eigenvalue weighted by Gasteiger charge is -2.14. The van der Waals surface area contributed by atoms with Crippen molar-refractivity contribution in [3.63, 3.8) is 0 Å². The fourth-order valence-electron chi connectivity index (χ4n) is 1.58. The molecule has 0 amide bonds. The van der Waals surface area contributed by atoms with Crippen molar-refractivity contribution < 1.29 is 23.5 Å². The molecule has 0 aliphatic carbocycles. The Morgan fingerprint density at radius 1 is 1.26 bits per heavy atom. The zero-order valence-electron chi connectivity index (χ0n) is 11.5. The molecule has 0 spiro atoms. The lowest BCUT2D eigenvalue weighted by atomic mass is 10.2. The minimum atomic E-state index is -0.421. The van der Waals surface area contributed by atoms with Gasteiger partial charge in [0.05, 0.1) is 32.6 Å². The van der Waals surface area contributed by atoms with E-state index in [2.05, 4.69) is 0 Å². The molecular weight excluding hydrogens is 250 g/mol. The van der Waals surface area contributed by atoms with Crippen molar-refractivity contribution in [2.75, 3.05) is 26.8 Å². The number of hydrogen-bond donors (Lipinski definition) is 0. The van der Waals surface area contributed by atoms with E-state index in [0.717, 1.165) is 0 Å². The second kappa shape index (κ2) is 7.58. The van der Waals surface area contributed by atoms with E-state index in [4.69, 9.17) is 13.9 Å². The normalized spacial score (nSPS) is 10.5. The highest BCUT2D eigenvalue weighted by molar-refractivity contribution is 5.90. The van der Waals surface area contributed by atoms with E-state index in [1.807, 2.05) is 0 Å². The van der Waals surface area contributed by atoms with Crippen LogP contribution >= 0.6 is 0 Å². The molecule has 0 radical (unpaired) electrons. The summed E-state index contributed by atoms with van der Waals surface area (Å²) in [4.78, 5) is 24.7. The van der Waals surface area contributed by atoms with Crippen LogP contribution in [0, 0.1) is 0 Å². The Balaban J connectivity index is 2.59. The quantitative estimate of drug-likeness (QED) is 0.698. The molecule has 1 aromatic heterocycles. The molecule has 0 aliphatic heterocycles. The van der Waals surface area contributed by atoms with Crippen LogP contribution in [0.15, 0.2) is 16.7 Å². The van der Waals surface area contributed by atoms with Crippen LogP contribution in [0.4, 0.5) is 0 Å². The highest BCUT2D eigenvalue weighted by atomic mass is 16.5. The molecule has 0 N–H and O–H groups in total. The lowest BCUT2D eigenvalue weighted by molar-refractivity contribution is -0.144. The van der Waals surface area contributed by atoms with Crippen LogP contribution in [0.3, 0.4) is 0 Å². The molecule has 1 aromatic rings. The largest absolute Gasteiger partial charge is 0.467 e. The van der Waals surface area contributed by atoms with Gasteiger partial charge in [-0.15, -0.1) is 0 Å². The monoisotopic (exact) mass is 269 g/mol. The first-order valence-corrected chi connectivity index (χ1v) is 6.16. The third kappa shape index (κ3) is 4.75. The molecule has 1 rings (SSSR count). The van der Waals surface area contributed by atoms with Crippen molar-refractivity contribution in [3.8, 4) is 0 Å². The number of ether oxygens (including phenoxy) is 2. The zero-order valence-corrected chi connectivity index (χ0v) is 11.5. The Morgan fingerprint density at radius 3 is 2.58 bits per heavy atom. The molecule has 0 atom stereocenters. The third-order valence-electron chi connectivity index (χ3n) is 2.36. The Bertz CT molecular complexity index is 426. The first kappa shape index (κ1) is 15.2. The highest BCUT2D eigenvalue weighted by Gasteiger charge is 2.18. The van der Waals surface area contributed by atoms with Gasteiger partial charge in [0.2, 0.25) is 0 Å². The van der Waals surface area contributed by atoms with Gasteiger partial charge in [0, 0.05) is 0 Å². The molecular formula is C13H19NO5. The number of nitrogens with zero attached hydrogens (tertiary/aromatic N) is 1. The van der Waals surface area contributed by atoms with Gasteiger partial charge in [0.15, 0.2) is 0 Å². The minimum absolute atomic E-state index is 0.136. The van der Waals surface area contributed by atoms with E-state index >= 15 is 0 Å². The van der Waals surface area contributed by atoms with Gasteiger partial charge in [-0.05, 0) is 27.0 Å². The van der Waals surface area contributed by atoms with Crippen LogP contribution in [-0.4, -0.2) is 43.6 Å². The summed E-state index contributed by atoms with van der Waals surface area (Å²) in [6.45, 7) is 4.62. The first-order valence-electron chi connectivity index (χ1n) is 6.16. The summed E-state index contributed by atoms with van der Waals surface area (Å²) in [5.41, 5.74) is 0.387. The molecule has 0 saturated heterocycles. The van der Waals surface area contributed by atoms with Crippen LogP contribution in [0.2, 0.25) is 0 Å². The molecule has 0 unspecified atom stereocenters. The number of hydrogen-bond acceptors (Lipinski definition) is 6. The molecule has 0 fully saturated rings. The zero-order chi connectivity index (χ0) is 14.3. The second-order valence-corrected chi connectivity index (χ2v) is 3.96. The maximum absolute atomic E-state index is 11.6. The molecule has 19 heavy (non-hydrogen) atoms. The number of carbonyl (C=O) groups is 2. The van der Waals surface area contributed by atoms with Gasteiger partial charge in [0.25, 0.3) is 0 Å². The summed E-state index contributed by atoms with van der Waals surface area (Å²) in [7, 11) is 1.74. The number of likely N-dealkylation sites (N-methyl/N-ethyl adjacent to an activating group) is 1. The van der Waals surface area contributed by atoms with Crippen LogP contribution in [0.5, 0.6) is 0 Å². The van der Waals surface area contributed by atoms with E-state index in [0.29, 0.717) is 31.1 Å².